The molecule has 2 saturated carbocycles. The smallest absolute Gasteiger partial charge is 0.262 e. The quantitative estimate of drug-likeness (QED) is 0.0538. The highest BCUT2D eigenvalue weighted by molar-refractivity contribution is 14.1. The summed E-state index contributed by atoms with van der Waals surface area (Å²) in [4.78, 5) is 49.3. The number of nitrogens with one attached hydrogen (secondary N) is 1. The van der Waals surface area contributed by atoms with Gasteiger partial charge in [-0.3, -0.25) is 19.1 Å². The number of allylic oxidation sites excluding steroid dienone is 2. The van der Waals surface area contributed by atoms with Crippen LogP contribution in [0, 0.1) is 11.8 Å². The van der Waals surface area contributed by atoms with Gasteiger partial charge in [0.2, 0.25) is 33.3 Å². The van der Waals surface area contributed by atoms with Gasteiger partial charge in [0.25, 0.3) is 5.88 Å². The van der Waals surface area contributed by atoms with Gasteiger partial charge in [-0.15, -0.1) is 0 Å². The normalized spacial score (nSPS) is 21.8. The lowest BCUT2D eigenvalue weighted by atomic mass is 10.1. The Morgan fingerprint density at radius 1 is 1.06 bits per heavy atom. The van der Waals surface area contributed by atoms with E-state index in [-0.39, 0.29) is 47.1 Å². The second kappa shape index (κ2) is 16.2. The Hall–Kier alpha value is -4.25. The third-order valence-electron chi connectivity index (χ3n) is 10.1. The van der Waals surface area contributed by atoms with Crippen molar-refractivity contribution in [1.82, 2.24) is 19.6 Å². The number of aromatic nitrogens is 2. The highest BCUT2D eigenvalue weighted by Gasteiger charge is 2.45. The average Bonchev–Trinajstić information content (AvgIpc) is 4.06. The number of halogens is 1. The Balaban J connectivity index is 0.920. The minimum Gasteiger partial charge on any atom is -0.480 e. The minimum absolute atomic E-state index is 0.00720. The number of nitrogens with zero attached hydrogens (tertiary/aromatic N) is 3. The molecular formula is C39H44IN5O8S. The number of ether oxygens (including phenoxy) is 2. The lowest BCUT2D eigenvalue weighted by Crippen LogP contribution is -2.43. The number of alkyl halides is 1. The van der Waals surface area contributed by atoms with Gasteiger partial charge >= 0.3 is 0 Å². The number of unbranched alkanes of at least 4 members (excludes halogenated alkanes) is 4. The Morgan fingerprint density at radius 2 is 1.81 bits per heavy atom. The van der Waals surface area contributed by atoms with E-state index >= 15 is 0 Å². The summed E-state index contributed by atoms with van der Waals surface area (Å²) >= 11 is 2.19. The number of amides is 3. The van der Waals surface area contributed by atoms with Gasteiger partial charge in [-0.05, 0) is 110 Å². The zero-order chi connectivity index (χ0) is 38.0. The van der Waals surface area contributed by atoms with Gasteiger partial charge in [-0.25, -0.2) is 13.4 Å². The molecule has 3 aliphatic rings. The van der Waals surface area contributed by atoms with Crippen LogP contribution in [0.15, 0.2) is 65.1 Å². The standard InChI is InChI=1S/C39H44IN5O8S/c1-23(40)51-26-16-14-24(15-17-26)37-42-34-29-11-8-9-12-32(29)53-35(34)39(43-37)52-27-21-31(36(41)47)45(22-27)33(46)13-7-5-3-2-4-6-10-25-20-30(25)38(48)44-54(49,50)28-18-19-28/h6,8-12,14-17,23,25,27-28,30-31H,2-5,7,13,18-22H2,1H3,(H2,41,47)(H,44,48)/b10-6-/t23?,25-,27-,30+,31+/m1/s1. The van der Waals surface area contributed by atoms with Crippen LogP contribution in [0.5, 0.6) is 11.6 Å². The Morgan fingerprint density at radius 3 is 2.56 bits per heavy atom. The maximum atomic E-state index is 13.4. The van der Waals surface area contributed by atoms with Crippen LogP contribution in [0.25, 0.3) is 33.5 Å². The van der Waals surface area contributed by atoms with Crippen LogP contribution in [0.1, 0.15) is 71.1 Å². The molecule has 2 aromatic carbocycles. The number of hydrogen-bond acceptors (Lipinski definition) is 10. The summed E-state index contributed by atoms with van der Waals surface area (Å²) in [5, 5.41) is 0.407. The van der Waals surface area contributed by atoms with Gasteiger partial charge in [-0.1, -0.05) is 37.1 Å². The van der Waals surface area contributed by atoms with Crippen molar-refractivity contribution in [3.8, 4) is 23.0 Å². The second-order valence-corrected chi connectivity index (χ2v) is 18.1. The largest absolute Gasteiger partial charge is 0.480 e. The zero-order valence-corrected chi connectivity index (χ0v) is 33.0. The first-order chi connectivity index (χ1) is 26.0. The number of rotatable bonds is 17. The number of para-hydroxylation sites is 1. The van der Waals surface area contributed by atoms with Gasteiger partial charge in [0.15, 0.2) is 5.82 Å². The molecule has 1 unspecified atom stereocenters. The lowest BCUT2D eigenvalue weighted by molar-refractivity contribution is -0.137. The molecule has 3 fully saturated rings. The average molecular weight is 870 g/mol. The number of nitrogens with two attached hydrogens (primary N) is 1. The van der Waals surface area contributed by atoms with Crippen LogP contribution in [0.2, 0.25) is 0 Å². The van der Waals surface area contributed by atoms with Crippen molar-refractivity contribution in [1.29, 1.82) is 0 Å². The van der Waals surface area contributed by atoms with Crippen LogP contribution >= 0.6 is 22.6 Å². The van der Waals surface area contributed by atoms with Gasteiger partial charge < -0.3 is 24.5 Å². The monoisotopic (exact) mass is 869 g/mol. The Bertz CT molecular complexity index is 2170. The molecule has 7 rings (SSSR count). The Kier molecular flexibility index (Phi) is 11.4. The maximum absolute atomic E-state index is 13.4. The molecule has 2 aliphatic carbocycles. The van der Waals surface area contributed by atoms with Crippen molar-refractivity contribution in [3.05, 3.63) is 60.7 Å². The summed E-state index contributed by atoms with van der Waals surface area (Å²) in [5.74, 6) is 0.0961. The molecule has 2 aromatic heterocycles. The van der Waals surface area contributed by atoms with E-state index in [9.17, 15) is 22.8 Å². The predicted octanol–water partition coefficient (Wildman–Crippen LogP) is 6.18. The fourth-order valence-corrected chi connectivity index (χ4v) is 8.59. The van der Waals surface area contributed by atoms with Crippen molar-refractivity contribution in [3.63, 3.8) is 0 Å². The van der Waals surface area contributed by atoms with Gasteiger partial charge in [-0.2, -0.15) is 4.98 Å². The SMILES string of the molecule is CC(I)Oc1ccc(-c2nc(O[C@@H]3C[C@@H](C(N)=O)N(C(=O)CCCCCC/C=C\[C@@H]4C[C@@H]4C(=O)NS(=O)(=O)C4CC4)C3)c3oc4ccccc4c3n2)cc1. The van der Waals surface area contributed by atoms with E-state index in [1.54, 1.807) is 0 Å². The number of benzene rings is 2. The number of furan rings is 1. The molecule has 286 valence electrons. The lowest BCUT2D eigenvalue weighted by Gasteiger charge is -2.21. The molecule has 0 radical (unpaired) electrons. The van der Waals surface area contributed by atoms with Gasteiger partial charge in [0, 0.05) is 29.7 Å². The van der Waals surface area contributed by atoms with E-state index in [0.29, 0.717) is 48.2 Å². The van der Waals surface area contributed by atoms with E-state index in [0.717, 1.165) is 42.4 Å². The summed E-state index contributed by atoms with van der Waals surface area (Å²) in [7, 11) is -3.50. The van der Waals surface area contributed by atoms with Gasteiger partial charge in [0.05, 0.1) is 11.8 Å². The first-order valence-electron chi connectivity index (χ1n) is 18.5. The van der Waals surface area contributed by atoms with Crippen molar-refractivity contribution < 1.29 is 36.7 Å². The molecule has 1 aliphatic heterocycles. The number of carbonyl (C=O) groups excluding carboxylic acids is 3. The summed E-state index contributed by atoms with van der Waals surface area (Å²) in [6.45, 7) is 2.14. The predicted molar refractivity (Wildman–Crippen MR) is 211 cm³/mol. The van der Waals surface area contributed by atoms with E-state index in [1.165, 1.54) is 4.90 Å². The summed E-state index contributed by atoms with van der Waals surface area (Å²) in [6, 6.07) is 14.3. The minimum atomic E-state index is -3.50. The number of sulfonamides is 1. The molecule has 4 aromatic rings. The highest BCUT2D eigenvalue weighted by atomic mass is 127. The van der Waals surface area contributed by atoms with E-state index in [1.807, 2.05) is 61.5 Å². The van der Waals surface area contributed by atoms with Gasteiger partial charge in [0.1, 0.15) is 33.1 Å². The van der Waals surface area contributed by atoms with E-state index < -0.39 is 39.2 Å². The molecule has 0 bridgehead atoms. The fraction of sp³-hybridized carbons (Fsp3) is 0.462. The number of primary amides is 1. The number of fused-ring (bicyclic) bond motifs is 3. The number of carbonyl (C=O) groups is 3. The third kappa shape index (κ3) is 8.99. The maximum Gasteiger partial charge on any atom is 0.262 e. The molecule has 0 spiro atoms. The van der Waals surface area contributed by atoms with Crippen LogP contribution in [0.4, 0.5) is 0 Å². The molecule has 1 saturated heterocycles. The number of hydrogen-bond donors (Lipinski definition) is 2. The van der Waals surface area contributed by atoms with E-state index in [4.69, 9.17) is 29.6 Å². The molecule has 13 nitrogen and oxygen atoms in total. The zero-order valence-electron chi connectivity index (χ0n) is 30.0. The first kappa shape index (κ1) is 38.0. The van der Waals surface area contributed by atoms with Crippen LogP contribution in [-0.4, -0.2) is 69.1 Å². The van der Waals surface area contributed by atoms with Crippen LogP contribution < -0.4 is 19.9 Å². The molecule has 15 heteroatoms. The van der Waals surface area contributed by atoms with Crippen molar-refractivity contribution in [2.45, 2.75) is 92.6 Å². The molecule has 5 atom stereocenters. The topological polar surface area (TPSA) is 184 Å². The fourth-order valence-electron chi connectivity index (χ4n) is 6.94. The van der Waals surface area contributed by atoms with Crippen LogP contribution in [0.3, 0.4) is 0 Å². The number of likely N-dealkylation sites (tertiary alicyclic amines) is 1. The van der Waals surface area contributed by atoms with Crippen molar-refractivity contribution in [2.75, 3.05) is 6.54 Å². The summed E-state index contributed by atoms with van der Waals surface area (Å²) in [5.41, 5.74) is 8.16. The molecule has 3 amide bonds. The third-order valence-corrected chi connectivity index (χ3v) is 12.2. The highest BCUT2D eigenvalue weighted by Crippen LogP contribution is 2.41. The molecular weight excluding hydrogens is 825 g/mol. The Labute approximate surface area is 327 Å². The van der Waals surface area contributed by atoms with Crippen molar-refractivity contribution in [2.24, 2.45) is 17.6 Å². The molecule has 3 N–H and O–H groups in total. The van der Waals surface area contributed by atoms with Crippen molar-refractivity contribution >= 4 is 72.4 Å². The van der Waals surface area contributed by atoms with E-state index in [2.05, 4.69) is 33.4 Å². The first-order valence-corrected chi connectivity index (χ1v) is 21.3. The second-order valence-electron chi connectivity index (χ2n) is 14.4. The molecule has 3 heterocycles. The summed E-state index contributed by atoms with van der Waals surface area (Å²) < 4.78 is 44.7. The van der Waals surface area contributed by atoms with Crippen LogP contribution in [-0.2, 0) is 24.4 Å². The molecule has 54 heavy (non-hydrogen) atoms. The summed E-state index contributed by atoms with van der Waals surface area (Å²) in [6.07, 6.45) is 10.2.